The third kappa shape index (κ3) is 6.02. The number of nitrogens with two attached hydrogens (primary N) is 1. The van der Waals surface area contributed by atoms with Gasteiger partial charge in [0.15, 0.2) is 0 Å². The molecule has 2 aromatic carbocycles. The number of amides is 2. The van der Waals surface area contributed by atoms with Crippen LogP contribution in [0.2, 0.25) is 5.02 Å². The number of likely N-dealkylation sites (tertiary alicyclic amines) is 1. The van der Waals surface area contributed by atoms with Crippen molar-refractivity contribution in [2.24, 2.45) is 17.1 Å². The van der Waals surface area contributed by atoms with Crippen molar-refractivity contribution < 1.29 is 32.2 Å². The minimum Gasteiger partial charge on any atom is -0.449 e. The van der Waals surface area contributed by atoms with Gasteiger partial charge in [-0.15, -0.1) is 0 Å². The van der Waals surface area contributed by atoms with Crippen LogP contribution in [0.3, 0.4) is 0 Å². The molecule has 0 bridgehead atoms. The molecular weight excluding hydrogens is 523 g/mol. The third-order valence-electron chi connectivity index (χ3n) is 7.05. The molecule has 2 aliphatic rings. The van der Waals surface area contributed by atoms with Crippen molar-refractivity contribution in [3.63, 3.8) is 0 Å². The molecule has 0 aliphatic carbocycles. The second-order valence-electron chi connectivity index (χ2n) is 10.9. The Kier molecular flexibility index (Phi) is 7.86. The average Bonchev–Trinajstić information content (AvgIpc) is 3.41. The summed E-state index contributed by atoms with van der Waals surface area (Å²) in [6, 6.07) is 10.3. The number of carbonyl (C=O) groups is 2. The zero-order valence-corrected chi connectivity index (χ0v) is 22.1. The van der Waals surface area contributed by atoms with Gasteiger partial charge >= 0.3 is 18.4 Å². The van der Waals surface area contributed by atoms with Crippen LogP contribution in [-0.2, 0) is 15.7 Å². The van der Waals surface area contributed by atoms with E-state index in [1.165, 1.54) is 11.0 Å². The molecule has 0 radical (unpaired) electrons. The predicted molar refractivity (Wildman–Crippen MR) is 137 cm³/mol. The zero-order chi connectivity index (χ0) is 27.8. The van der Waals surface area contributed by atoms with Crippen molar-refractivity contribution in [3.05, 3.63) is 64.7 Å². The SMILES string of the molecule is CC(C)(C)C([C@@H]1OC(=O)N(c2ccc(Cl)cc2)[C@H]1c1cccc(C(F)(F)F)c1)N1CCC(COC(N)=O)C1. The van der Waals surface area contributed by atoms with Gasteiger partial charge in [-0.25, -0.2) is 9.59 Å². The van der Waals surface area contributed by atoms with Gasteiger partial charge in [0, 0.05) is 23.2 Å². The first-order valence-corrected chi connectivity index (χ1v) is 12.7. The van der Waals surface area contributed by atoms with Gasteiger partial charge in [-0.1, -0.05) is 44.5 Å². The van der Waals surface area contributed by atoms with Crippen LogP contribution >= 0.6 is 11.6 Å². The number of carbonyl (C=O) groups excluding carboxylic acids is 2. The Morgan fingerprint density at radius 3 is 2.47 bits per heavy atom. The maximum Gasteiger partial charge on any atom is 0.416 e. The van der Waals surface area contributed by atoms with Gasteiger partial charge < -0.3 is 15.2 Å². The molecule has 4 rings (SSSR count). The van der Waals surface area contributed by atoms with Gasteiger partial charge in [0.2, 0.25) is 0 Å². The highest BCUT2D eigenvalue weighted by molar-refractivity contribution is 6.30. The lowest BCUT2D eigenvalue weighted by atomic mass is 9.78. The molecule has 0 saturated carbocycles. The lowest BCUT2D eigenvalue weighted by Crippen LogP contribution is -2.53. The van der Waals surface area contributed by atoms with Crippen LogP contribution in [-0.4, -0.2) is 48.9 Å². The van der Waals surface area contributed by atoms with E-state index in [4.69, 9.17) is 26.8 Å². The normalized spacial score (nSPS) is 23.4. The third-order valence-corrected chi connectivity index (χ3v) is 7.31. The van der Waals surface area contributed by atoms with Crippen LogP contribution in [0.1, 0.15) is 44.4 Å². The van der Waals surface area contributed by atoms with Crippen molar-refractivity contribution in [2.45, 2.75) is 51.6 Å². The number of hydrogen-bond donors (Lipinski definition) is 1. The number of benzene rings is 2. The summed E-state index contributed by atoms with van der Waals surface area (Å²) in [5.41, 5.74) is 4.67. The molecule has 2 aromatic rings. The Hall–Kier alpha value is -2.98. The fraction of sp³-hybridized carbons (Fsp3) is 0.481. The molecule has 2 amide bonds. The summed E-state index contributed by atoms with van der Waals surface area (Å²) in [4.78, 5) is 28.1. The highest BCUT2D eigenvalue weighted by Gasteiger charge is 2.53. The van der Waals surface area contributed by atoms with E-state index < -0.39 is 41.5 Å². The molecule has 2 aliphatic heterocycles. The van der Waals surface area contributed by atoms with E-state index in [-0.39, 0.29) is 18.6 Å². The van der Waals surface area contributed by atoms with E-state index >= 15 is 0 Å². The first kappa shape index (κ1) is 28.0. The van der Waals surface area contributed by atoms with Gasteiger partial charge in [0.1, 0.15) is 12.1 Å². The van der Waals surface area contributed by atoms with E-state index in [9.17, 15) is 22.8 Å². The molecule has 38 heavy (non-hydrogen) atoms. The molecule has 4 atom stereocenters. The molecule has 0 spiro atoms. The van der Waals surface area contributed by atoms with Gasteiger partial charge in [0.05, 0.1) is 18.2 Å². The van der Waals surface area contributed by atoms with Crippen LogP contribution in [0.25, 0.3) is 0 Å². The monoisotopic (exact) mass is 553 g/mol. The minimum atomic E-state index is -4.55. The fourth-order valence-corrected chi connectivity index (χ4v) is 5.67. The van der Waals surface area contributed by atoms with Crippen molar-refractivity contribution in [1.29, 1.82) is 0 Å². The van der Waals surface area contributed by atoms with Gasteiger partial charge in [-0.05, 0) is 60.3 Å². The quantitative estimate of drug-likeness (QED) is 0.456. The second kappa shape index (κ2) is 10.6. The van der Waals surface area contributed by atoms with Crippen molar-refractivity contribution in [1.82, 2.24) is 4.90 Å². The van der Waals surface area contributed by atoms with Crippen LogP contribution in [0.5, 0.6) is 0 Å². The van der Waals surface area contributed by atoms with Crippen molar-refractivity contribution in [3.8, 4) is 0 Å². The second-order valence-corrected chi connectivity index (χ2v) is 11.3. The van der Waals surface area contributed by atoms with Gasteiger partial charge in [0.25, 0.3) is 0 Å². The zero-order valence-electron chi connectivity index (χ0n) is 21.4. The topological polar surface area (TPSA) is 85.1 Å². The molecular formula is C27H31ClF3N3O4. The largest absolute Gasteiger partial charge is 0.449 e. The minimum absolute atomic E-state index is 0.0313. The summed E-state index contributed by atoms with van der Waals surface area (Å²) in [7, 11) is 0. The Balaban J connectivity index is 1.77. The van der Waals surface area contributed by atoms with E-state index in [2.05, 4.69) is 4.90 Å². The van der Waals surface area contributed by atoms with E-state index in [1.807, 2.05) is 20.8 Å². The number of hydrogen-bond acceptors (Lipinski definition) is 5. The molecule has 2 N–H and O–H groups in total. The maximum atomic E-state index is 13.7. The van der Waals surface area contributed by atoms with Crippen LogP contribution < -0.4 is 10.6 Å². The lowest BCUT2D eigenvalue weighted by molar-refractivity contribution is -0.137. The van der Waals surface area contributed by atoms with E-state index in [0.29, 0.717) is 29.4 Å². The van der Waals surface area contributed by atoms with E-state index in [1.54, 1.807) is 30.3 Å². The molecule has 2 saturated heterocycles. The number of alkyl halides is 3. The molecule has 206 valence electrons. The van der Waals surface area contributed by atoms with Crippen LogP contribution in [0, 0.1) is 11.3 Å². The predicted octanol–water partition coefficient (Wildman–Crippen LogP) is 6.26. The van der Waals surface area contributed by atoms with Gasteiger partial charge in [-0.3, -0.25) is 9.80 Å². The highest BCUT2D eigenvalue weighted by atomic mass is 35.5. The number of nitrogens with zero attached hydrogens (tertiary/aromatic N) is 2. The number of primary amides is 1. The molecule has 11 heteroatoms. The van der Waals surface area contributed by atoms with E-state index in [0.717, 1.165) is 18.6 Å². The summed E-state index contributed by atoms with van der Waals surface area (Å²) in [5, 5.41) is 0.460. The number of rotatable bonds is 6. The molecule has 0 aromatic heterocycles. The Bertz CT molecular complexity index is 1170. The Morgan fingerprint density at radius 2 is 1.87 bits per heavy atom. The van der Waals surface area contributed by atoms with Crippen molar-refractivity contribution in [2.75, 3.05) is 24.6 Å². The summed E-state index contributed by atoms with van der Waals surface area (Å²) >= 11 is 6.06. The number of ether oxygens (including phenoxy) is 2. The summed E-state index contributed by atoms with van der Waals surface area (Å²) in [6.07, 6.45) is -6.11. The molecule has 7 nitrogen and oxygen atoms in total. The Morgan fingerprint density at radius 1 is 1.18 bits per heavy atom. The number of cyclic esters (lactones) is 1. The standard InChI is InChI=1S/C27H31ClF3N3O4/c1-26(2,3)23(33-12-11-16(14-33)15-37-24(32)35)22-21(17-5-4-6-18(13-17)27(29,30)31)34(25(36)38-22)20-9-7-19(28)8-10-20/h4-10,13,16,21-23H,11-12,14-15H2,1-3H3,(H2,32,35)/t16?,21-,22+,23?/m0/s1. The molecule has 2 fully saturated rings. The average molecular weight is 554 g/mol. The van der Waals surface area contributed by atoms with Crippen molar-refractivity contribution >= 4 is 29.5 Å². The number of halogens is 4. The van der Waals surface area contributed by atoms with Gasteiger partial charge in [-0.2, -0.15) is 13.2 Å². The molecule has 2 heterocycles. The maximum absolute atomic E-state index is 13.7. The first-order valence-electron chi connectivity index (χ1n) is 12.3. The smallest absolute Gasteiger partial charge is 0.416 e. The lowest BCUT2D eigenvalue weighted by Gasteiger charge is -2.43. The summed E-state index contributed by atoms with van der Waals surface area (Å²) < 4.78 is 52.1. The van der Waals surface area contributed by atoms with Crippen LogP contribution in [0.15, 0.2) is 48.5 Å². The molecule has 2 unspecified atom stereocenters. The summed E-state index contributed by atoms with van der Waals surface area (Å²) in [6.45, 7) is 7.38. The highest BCUT2D eigenvalue weighted by Crippen LogP contribution is 2.45. The van der Waals surface area contributed by atoms with Crippen LogP contribution in [0.4, 0.5) is 28.4 Å². The number of anilines is 1. The first-order chi connectivity index (χ1) is 17.8. The Labute approximate surface area is 224 Å². The summed E-state index contributed by atoms with van der Waals surface area (Å²) in [5.74, 6) is 0.0313. The fourth-order valence-electron chi connectivity index (χ4n) is 5.54.